The van der Waals surface area contributed by atoms with Crippen LogP contribution in [0.1, 0.15) is 42.1 Å². The number of hydrogen-bond donors (Lipinski definition) is 0. The van der Waals surface area contributed by atoms with Crippen molar-refractivity contribution >= 4 is 41.3 Å². The molecule has 0 bridgehead atoms. The van der Waals surface area contributed by atoms with E-state index < -0.39 is 11.7 Å². The van der Waals surface area contributed by atoms with Crippen molar-refractivity contribution in [2.24, 2.45) is 0 Å². The van der Waals surface area contributed by atoms with Crippen LogP contribution in [0.3, 0.4) is 0 Å². The number of alkyl halides is 3. The summed E-state index contributed by atoms with van der Waals surface area (Å²) in [6.45, 7) is 4.29. The molecule has 5 nitrogen and oxygen atoms in total. The lowest BCUT2D eigenvalue weighted by Gasteiger charge is -2.07. The first kappa shape index (κ1) is 22.3. The SMILES string of the molecule is CC(C)c1ccc(C=Cc2ccnc3nc(Sc4ncc(C(F)(F)F)cc4Cl)nn23)cc1. The topological polar surface area (TPSA) is 56.0 Å². The summed E-state index contributed by atoms with van der Waals surface area (Å²) in [5, 5.41) is 4.73. The normalized spacial score (nSPS) is 12.3. The van der Waals surface area contributed by atoms with E-state index in [-0.39, 0.29) is 15.2 Å². The number of aromatic nitrogens is 5. The van der Waals surface area contributed by atoms with Gasteiger partial charge in [-0.25, -0.2) is 9.97 Å². The molecule has 0 aliphatic rings. The zero-order valence-electron chi connectivity index (χ0n) is 17.0. The fraction of sp³-hybridized carbons (Fsp3) is 0.182. The van der Waals surface area contributed by atoms with Crippen LogP contribution >= 0.6 is 23.4 Å². The van der Waals surface area contributed by atoms with Crippen LogP contribution in [-0.4, -0.2) is 24.6 Å². The molecule has 1 aromatic carbocycles. The number of hydrogen-bond acceptors (Lipinski definition) is 5. The fourth-order valence-corrected chi connectivity index (χ4v) is 3.84. The molecule has 32 heavy (non-hydrogen) atoms. The van der Waals surface area contributed by atoms with Crippen LogP contribution in [0.5, 0.6) is 0 Å². The van der Waals surface area contributed by atoms with Crippen LogP contribution in [0.4, 0.5) is 13.2 Å². The number of pyridine rings is 1. The Morgan fingerprint density at radius 3 is 2.47 bits per heavy atom. The predicted octanol–water partition coefficient (Wildman–Crippen LogP) is 6.64. The van der Waals surface area contributed by atoms with Crippen LogP contribution in [0, 0.1) is 0 Å². The molecule has 4 rings (SSSR count). The quantitative estimate of drug-likeness (QED) is 0.324. The van der Waals surface area contributed by atoms with Gasteiger partial charge in [0.25, 0.3) is 5.78 Å². The first-order valence-corrected chi connectivity index (χ1v) is 10.8. The Labute approximate surface area is 191 Å². The van der Waals surface area contributed by atoms with E-state index in [0.29, 0.717) is 11.7 Å². The van der Waals surface area contributed by atoms with Gasteiger partial charge in [0.15, 0.2) is 0 Å². The summed E-state index contributed by atoms with van der Waals surface area (Å²) < 4.78 is 40.0. The van der Waals surface area contributed by atoms with Gasteiger partial charge in [-0.3, -0.25) is 0 Å². The van der Waals surface area contributed by atoms with Crippen molar-refractivity contribution in [3.05, 3.63) is 76.2 Å². The second-order valence-electron chi connectivity index (χ2n) is 7.24. The highest BCUT2D eigenvalue weighted by Crippen LogP contribution is 2.35. The Morgan fingerprint density at radius 2 is 1.81 bits per heavy atom. The minimum atomic E-state index is -4.51. The van der Waals surface area contributed by atoms with Crippen LogP contribution in [-0.2, 0) is 6.18 Å². The first-order valence-electron chi connectivity index (χ1n) is 9.61. The van der Waals surface area contributed by atoms with Gasteiger partial charge in [-0.15, -0.1) is 5.10 Å². The van der Waals surface area contributed by atoms with Gasteiger partial charge in [0, 0.05) is 12.4 Å². The fourth-order valence-electron chi connectivity index (χ4n) is 2.88. The number of fused-ring (bicyclic) bond motifs is 1. The van der Waals surface area contributed by atoms with Crippen molar-refractivity contribution in [1.29, 1.82) is 0 Å². The number of nitrogens with zero attached hydrogens (tertiary/aromatic N) is 5. The molecular weight excluding hydrogens is 459 g/mol. The minimum absolute atomic E-state index is 0.124. The number of benzene rings is 1. The lowest BCUT2D eigenvalue weighted by molar-refractivity contribution is -0.137. The van der Waals surface area contributed by atoms with Gasteiger partial charge in [-0.1, -0.05) is 55.8 Å². The molecule has 0 aliphatic carbocycles. The molecule has 0 spiro atoms. The van der Waals surface area contributed by atoms with Crippen LogP contribution in [0.15, 0.2) is 59.0 Å². The number of rotatable bonds is 5. The highest BCUT2D eigenvalue weighted by atomic mass is 35.5. The third kappa shape index (κ3) is 4.94. The van der Waals surface area contributed by atoms with Crippen LogP contribution in [0.25, 0.3) is 17.9 Å². The molecule has 164 valence electrons. The van der Waals surface area contributed by atoms with Gasteiger partial charge >= 0.3 is 6.18 Å². The Kier molecular flexibility index (Phi) is 6.21. The van der Waals surface area contributed by atoms with Gasteiger partial charge in [0.05, 0.1) is 16.3 Å². The monoisotopic (exact) mass is 475 g/mol. The molecule has 0 N–H and O–H groups in total. The van der Waals surface area contributed by atoms with E-state index in [0.717, 1.165) is 35.3 Å². The zero-order chi connectivity index (χ0) is 22.9. The Bertz CT molecular complexity index is 1280. The van der Waals surface area contributed by atoms with Crippen molar-refractivity contribution < 1.29 is 13.2 Å². The standard InChI is InChI=1S/C22H17ClF3N5S/c1-13(2)15-6-3-14(4-7-15)5-8-17-9-10-27-20-29-21(30-31(17)20)32-19-18(23)11-16(12-28-19)22(24,25)26/h3-13H,1-2H3. The molecule has 0 fully saturated rings. The third-order valence-corrected chi connectivity index (χ3v) is 5.90. The average Bonchev–Trinajstić information content (AvgIpc) is 3.16. The molecule has 0 saturated carbocycles. The first-order chi connectivity index (χ1) is 15.2. The Morgan fingerprint density at radius 1 is 1.06 bits per heavy atom. The Hall–Kier alpha value is -2.91. The van der Waals surface area contributed by atoms with Gasteiger partial charge in [-0.2, -0.15) is 22.7 Å². The summed E-state index contributed by atoms with van der Waals surface area (Å²) in [5.74, 6) is 0.819. The van der Waals surface area contributed by atoms with E-state index >= 15 is 0 Å². The van der Waals surface area contributed by atoms with Crippen molar-refractivity contribution in [3.63, 3.8) is 0 Å². The maximum atomic E-state index is 12.8. The molecule has 4 aromatic rings. The van der Waals surface area contributed by atoms with Crippen molar-refractivity contribution in [2.45, 2.75) is 36.1 Å². The molecular formula is C22H17ClF3N5S. The van der Waals surface area contributed by atoms with Crippen LogP contribution in [0.2, 0.25) is 5.02 Å². The molecule has 0 radical (unpaired) electrons. The third-order valence-electron chi connectivity index (χ3n) is 4.62. The van der Waals surface area contributed by atoms with Crippen molar-refractivity contribution in [2.75, 3.05) is 0 Å². The molecule has 0 amide bonds. The maximum absolute atomic E-state index is 12.8. The van der Waals surface area contributed by atoms with Gasteiger partial charge in [0.1, 0.15) is 5.03 Å². The van der Waals surface area contributed by atoms with E-state index in [1.54, 1.807) is 16.8 Å². The van der Waals surface area contributed by atoms with E-state index in [1.807, 2.05) is 24.3 Å². The molecule has 0 aliphatic heterocycles. The Balaban J connectivity index is 1.58. The van der Waals surface area contributed by atoms with E-state index in [2.05, 4.69) is 46.0 Å². The predicted molar refractivity (Wildman–Crippen MR) is 119 cm³/mol. The molecule has 0 saturated heterocycles. The van der Waals surface area contributed by atoms with Gasteiger partial charge in [0.2, 0.25) is 5.16 Å². The average molecular weight is 476 g/mol. The summed E-state index contributed by atoms with van der Waals surface area (Å²) in [7, 11) is 0. The maximum Gasteiger partial charge on any atom is 0.417 e. The smallest absolute Gasteiger partial charge is 0.247 e. The largest absolute Gasteiger partial charge is 0.417 e. The van der Waals surface area contributed by atoms with E-state index in [4.69, 9.17) is 11.6 Å². The van der Waals surface area contributed by atoms with Gasteiger partial charge in [-0.05, 0) is 47.0 Å². The zero-order valence-corrected chi connectivity index (χ0v) is 18.6. The lowest BCUT2D eigenvalue weighted by Crippen LogP contribution is -2.05. The highest BCUT2D eigenvalue weighted by Gasteiger charge is 2.31. The molecule has 10 heteroatoms. The van der Waals surface area contributed by atoms with Crippen molar-refractivity contribution in [1.82, 2.24) is 24.6 Å². The molecule has 3 heterocycles. The molecule has 0 atom stereocenters. The summed E-state index contributed by atoms with van der Waals surface area (Å²) in [4.78, 5) is 12.3. The molecule has 3 aromatic heterocycles. The van der Waals surface area contributed by atoms with Crippen LogP contribution < -0.4 is 0 Å². The second-order valence-corrected chi connectivity index (χ2v) is 8.60. The summed E-state index contributed by atoms with van der Waals surface area (Å²) in [5.41, 5.74) is 2.14. The van der Waals surface area contributed by atoms with E-state index in [9.17, 15) is 13.2 Å². The van der Waals surface area contributed by atoms with Gasteiger partial charge < -0.3 is 0 Å². The van der Waals surface area contributed by atoms with E-state index in [1.165, 1.54) is 5.56 Å². The summed E-state index contributed by atoms with van der Waals surface area (Å²) in [6.07, 6.45) is 1.69. The lowest BCUT2D eigenvalue weighted by atomic mass is 10.0. The summed E-state index contributed by atoms with van der Waals surface area (Å²) >= 11 is 6.96. The number of halogens is 4. The van der Waals surface area contributed by atoms with Crippen molar-refractivity contribution in [3.8, 4) is 0 Å². The highest BCUT2D eigenvalue weighted by molar-refractivity contribution is 7.99. The summed E-state index contributed by atoms with van der Waals surface area (Å²) in [6, 6.07) is 10.9. The minimum Gasteiger partial charge on any atom is -0.247 e. The second kappa shape index (κ2) is 8.91. The molecule has 0 unspecified atom stereocenters.